The van der Waals surface area contributed by atoms with E-state index in [0.717, 1.165) is 26.2 Å². The summed E-state index contributed by atoms with van der Waals surface area (Å²) in [4.78, 5) is 0. The molecule has 1 saturated heterocycles. The van der Waals surface area contributed by atoms with E-state index in [1.165, 1.54) is 12.0 Å². The highest BCUT2D eigenvalue weighted by Crippen LogP contribution is 2.31. The first kappa shape index (κ1) is 10.7. The molecular weight excluding hydrogens is 186 g/mol. The maximum atomic E-state index is 5.55. The molecule has 15 heavy (non-hydrogen) atoms. The van der Waals surface area contributed by atoms with E-state index in [9.17, 15) is 0 Å². The quantitative estimate of drug-likeness (QED) is 0.810. The van der Waals surface area contributed by atoms with Gasteiger partial charge in [0, 0.05) is 18.6 Å². The van der Waals surface area contributed by atoms with E-state index in [1.54, 1.807) is 0 Å². The summed E-state index contributed by atoms with van der Waals surface area (Å²) in [5.74, 6) is 0. The van der Waals surface area contributed by atoms with E-state index >= 15 is 0 Å². The lowest BCUT2D eigenvalue weighted by atomic mass is 9.81. The molecule has 1 heterocycles. The summed E-state index contributed by atoms with van der Waals surface area (Å²) < 4.78 is 5.55. The van der Waals surface area contributed by atoms with Crippen molar-refractivity contribution in [3.63, 3.8) is 0 Å². The molecular formula is C13H19NO. The molecule has 2 nitrogen and oxygen atoms in total. The van der Waals surface area contributed by atoms with E-state index in [-0.39, 0.29) is 0 Å². The molecule has 1 aromatic carbocycles. The number of ether oxygens (including phenoxy) is 1. The van der Waals surface area contributed by atoms with E-state index in [1.807, 2.05) is 7.05 Å². The van der Waals surface area contributed by atoms with Gasteiger partial charge in [-0.05, 0) is 25.5 Å². The zero-order valence-electron chi connectivity index (χ0n) is 9.33. The Labute approximate surface area is 91.6 Å². The number of hydrogen-bond donors (Lipinski definition) is 1. The minimum absolute atomic E-state index is 0.316. The van der Waals surface area contributed by atoms with Crippen molar-refractivity contribution in [2.75, 3.05) is 26.8 Å². The molecule has 0 bridgehead atoms. The van der Waals surface area contributed by atoms with Gasteiger partial charge in [0.15, 0.2) is 0 Å². The van der Waals surface area contributed by atoms with Crippen LogP contribution >= 0.6 is 0 Å². The maximum absolute atomic E-state index is 5.55. The van der Waals surface area contributed by atoms with Crippen molar-refractivity contribution < 1.29 is 4.74 Å². The van der Waals surface area contributed by atoms with Crippen molar-refractivity contribution in [3.05, 3.63) is 35.9 Å². The SMILES string of the molecule is CNCC1(Cc2ccccc2)CCOC1. The molecule has 82 valence electrons. The van der Waals surface area contributed by atoms with Crippen LogP contribution in [0.1, 0.15) is 12.0 Å². The van der Waals surface area contributed by atoms with E-state index < -0.39 is 0 Å². The Kier molecular flexibility index (Phi) is 3.39. The van der Waals surface area contributed by atoms with Crippen LogP contribution in [0.3, 0.4) is 0 Å². The molecule has 1 unspecified atom stereocenters. The highest BCUT2D eigenvalue weighted by molar-refractivity contribution is 5.17. The van der Waals surface area contributed by atoms with Crippen LogP contribution < -0.4 is 5.32 Å². The molecule has 1 aliphatic heterocycles. The summed E-state index contributed by atoms with van der Waals surface area (Å²) in [5, 5.41) is 3.29. The van der Waals surface area contributed by atoms with Crippen LogP contribution in [-0.2, 0) is 11.2 Å². The standard InChI is InChI=1S/C13H19NO/c1-14-10-13(7-8-15-11-13)9-12-5-3-2-4-6-12/h2-6,14H,7-11H2,1H3. The van der Waals surface area contributed by atoms with Crippen molar-refractivity contribution in [1.29, 1.82) is 0 Å². The molecule has 0 aromatic heterocycles. The molecule has 1 fully saturated rings. The lowest BCUT2D eigenvalue weighted by Gasteiger charge is -2.27. The first-order valence-corrected chi connectivity index (χ1v) is 5.61. The van der Waals surface area contributed by atoms with Crippen LogP contribution in [0.5, 0.6) is 0 Å². The predicted octanol–water partition coefficient (Wildman–Crippen LogP) is 1.86. The number of benzene rings is 1. The fourth-order valence-electron chi connectivity index (χ4n) is 2.39. The topological polar surface area (TPSA) is 21.3 Å². The first-order valence-electron chi connectivity index (χ1n) is 5.61. The van der Waals surface area contributed by atoms with E-state index in [2.05, 4.69) is 35.6 Å². The summed E-state index contributed by atoms with van der Waals surface area (Å²) in [6.07, 6.45) is 2.29. The Morgan fingerprint density at radius 1 is 1.33 bits per heavy atom. The van der Waals surface area contributed by atoms with Crippen LogP contribution in [0.15, 0.2) is 30.3 Å². The van der Waals surface area contributed by atoms with Gasteiger partial charge in [-0.25, -0.2) is 0 Å². The van der Waals surface area contributed by atoms with Crippen LogP contribution in [-0.4, -0.2) is 26.8 Å². The number of hydrogen-bond acceptors (Lipinski definition) is 2. The summed E-state index contributed by atoms with van der Waals surface area (Å²) in [6.45, 7) is 2.85. The van der Waals surface area contributed by atoms with Gasteiger partial charge in [-0.1, -0.05) is 30.3 Å². The van der Waals surface area contributed by atoms with Gasteiger partial charge < -0.3 is 10.1 Å². The Balaban J connectivity index is 2.07. The highest BCUT2D eigenvalue weighted by Gasteiger charge is 2.34. The Morgan fingerprint density at radius 2 is 2.13 bits per heavy atom. The average Bonchev–Trinajstić information content (AvgIpc) is 2.69. The van der Waals surface area contributed by atoms with Crippen LogP contribution in [0, 0.1) is 5.41 Å². The number of nitrogens with one attached hydrogen (secondary N) is 1. The van der Waals surface area contributed by atoms with Gasteiger partial charge in [-0.2, -0.15) is 0 Å². The average molecular weight is 205 g/mol. The summed E-state index contributed by atoms with van der Waals surface area (Å²) >= 11 is 0. The molecule has 0 radical (unpaired) electrons. The molecule has 1 atom stereocenters. The minimum Gasteiger partial charge on any atom is -0.381 e. The molecule has 1 N–H and O–H groups in total. The second kappa shape index (κ2) is 4.77. The van der Waals surface area contributed by atoms with Crippen LogP contribution in [0.25, 0.3) is 0 Å². The molecule has 1 aromatic rings. The lowest BCUT2D eigenvalue weighted by Crippen LogP contribution is -2.35. The van der Waals surface area contributed by atoms with Crippen molar-refractivity contribution in [3.8, 4) is 0 Å². The van der Waals surface area contributed by atoms with Crippen molar-refractivity contribution in [2.45, 2.75) is 12.8 Å². The third-order valence-electron chi connectivity index (χ3n) is 3.16. The smallest absolute Gasteiger partial charge is 0.0538 e. The lowest BCUT2D eigenvalue weighted by molar-refractivity contribution is 0.150. The van der Waals surface area contributed by atoms with E-state index in [0.29, 0.717) is 5.41 Å². The monoisotopic (exact) mass is 205 g/mol. The van der Waals surface area contributed by atoms with Gasteiger partial charge in [0.2, 0.25) is 0 Å². The molecule has 2 heteroatoms. The van der Waals surface area contributed by atoms with Gasteiger partial charge in [0.25, 0.3) is 0 Å². The van der Waals surface area contributed by atoms with Crippen LogP contribution in [0.4, 0.5) is 0 Å². The minimum atomic E-state index is 0.316. The van der Waals surface area contributed by atoms with Crippen molar-refractivity contribution in [2.24, 2.45) is 5.41 Å². The predicted molar refractivity (Wildman–Crippen MR) is 61.9 cm³/mol. The zero-order valence-corrected chi connectivity index (χ0v) is 9.33. The number of rotatable bonds is 4. The maximum Gasteiger partial charge on any atom is 0.0538 e. The van der Waals surface area contributed by atoms with Gasteiger partial charge in [-0.3, -0.25) is 0 Å². The second-order valence-corrected chi connectivity index (χ2v) is 4.50. The van der Waals surface area contributed by atoms with Gasteiger partial charge in [0.1, 0.15) is 0 Å². The van der Waals surface area contributed by atoms with Crippen molar-refractivity contribution >= 4 is 0 Å². The molecule has 0 amide bonds. The van der Waals surface area contributed by atoms with E-state index in [4.69, 9.17) is 4.74 Å². The zero-order chi connectivity index (χ0) is 10.6. The fourth-order valence-corrected chi connectivity index (χ4v) is 2.39. The normalized spacial score (nSPS) is 25.7. The van der Waals surface area contributed by atoms with Crippen molar-refractivity contribution in [1.82, 2.24) is 5.32 Å². The third kappa shape index (κ3) is 2.58. The Hall–Kier alpha value is -0.860. The molecule has 2 rings (SSSR count). The summed E-state index contributed by atoms with van der Waals surface area (Å²) in [6, 6.07) is 10.7. The fraction of sp³-hybridized carbons (Fsp3) is 0.538. The highest BCUT2D eigenvalue weighted by atomic mass is 16.5. The van der Waals surface area contributed by atoms with Gasteiger partial charge in [-0.15, -0.1) is 0 Å². The summed E-state index contributed by atoms with van der Waals surface area (Å²) in [7, 11) is 2.02. The Bertz CT molecular complexity index is 291. The Morgan fingerprint density at radius 3 is 2.73 bits per heavy atom. The molecule has 0 saturated carbocycles. The van der Waals surface area contributed by atoms with Crippen LogP contribution in [0.2, 0.25) is 0 Å². The molecule has 0 aliphatic carbocycles. The largest absolute Gasteiger partial charge is 0.381 e. The molecule has 0 spiro atoms. The second-order valence-electron chi connectivity index (χ2n) is 4.50. The summed E-state index contributed by atoms with van der Waals surface area (Å²) in [5.41, 5.74) is 1.73. The van der Waals surface area contributed by atoms with Gasteiger partial charge >= 0.3 is 0 Å². The van der Waals surface area contributed by atoms with Gasteiger partial charge in [0.05, 0.1) is 6.61 Å². The first-order chi connectivity index (χ1) is 7.35. The molecule has 1 aliphatic rings. The third-order valence-corrected chi connectivity index (χ3v) is 3.16.